The highest BCUT2D eigenvalue weighted by molar-refractivity contribution is 7.89. The number of nitrogens with zero attached hydrogens (tertiary/aromatic N) is 1. The van der Waals surface area contributed by atoms with E-state index in [1.165, 1.54) is 4.31 Å². The molecule has 1 aromatic heterocycles. The van der Waals surface area contributed by atoms with Gasteiger partial charge in [-0.25, -0.2) is 13.2 Å². The predicted molar refractivity (Wildman–Crippen MR) is 112 cm³/mol. The molecule has 2 heterocycles. The fourth-order valence-electron chi connectivity index (χ4n) is 3.28. The first-order chi connectivity index (χ1) is 13.8. The van der Waals surface area contributed by atoms with Crippen molar-refractivity contribution in [2.24, 2.45) is 5.92 Å². The molecule has 1 unspecified atom stereocenters. The summed E-state index contributed by atoms with van der Waals surface area (Å²) in [5.74, 6) is -1.10. The summed E-state index contributed by atoms with van der Waals surface area (Å²) in [5.41, 5.74) is 0.737. The minimum Gasteiger partial charge on any atom is -0.462 e. The first-order valence-electron chi connectivity index (χ1n) is 9.46. The monoisotopic (exact) mass is 436 g/mol. The molecular formula is C20H24N2O5S2. The number of aryl methyl sites for hydroxylation is 1. The van der Waals surface area contributed by atoms with Crippen molar-refractivity contribution in [1.82, 2.24) is 4.31 Å². The molecule has 29 heavy (non-hydrogen) atoms. The van der Waals surface area contributed by atoms with E-state index in [0.717, 1.165) is 16.9 Å². The molecule has 2 aromatic rings. The molecule has 1 amide bonds. The Morgan fingerprint density at radius 3 is 2.69 bits per heavy atom. The molecule has 0 aliphatic carbocycles. The summed E-state index contributed by atoms with van der Waals surface area (Å²) < 4.78 is 32.1. The Hall–Kier alpha value is -2.23. The van der Waals surface area contributed by atoms with Crippen molar-refractivity contribution in [3.05, 3.63) is 46.8 Å². The van der Waals surface area contributed by atoms with E-state index in [-0.39, 0.29) is 24.0 Å². The molecule has 1 atom stereocenters. The van der Waals surface area contributed by atoms with Crippen molar-refractivity contribution >= 4 is 38.2 Å². The van der Waals surface area contributed by atoms with Crippen LogP contribution in [0.1, 0.15) is 35.0 Å². The number of sulfonamides is 1. The van der Waals surface area contributed by atoms with Crippen molar-refractivity contribution in [3.63, 3.8) is 0 Å². The van der Waals surface area contributed by atoms with Gasteiger partial charge in [0, 0.05) is 13.1 Å². The number of nitrogens with one attached hydrogen (secondary N) is 1. The minimum atomic E-state index is -3.63. The zero-order chi connectivity index (χ0) is 21.0. The zero-order valence-electron chi connectivity index (χ0n) is 16.4. The summed E-state index contributed by atoms with van der Waals surface area (Å²) in [6.07, 6.45) is 1.23. The van der Waals surface area contributed by atoms with Crippen LogP contribution in [0.25, 0.3) is 0 Å². The topological polar surface area (TPSA) is 92.8 Å². The average Bonchev–Trinajstić information content (AvgIpc) is 3.09. The summed E-state index contributed by atoms with van der Waals surface area (Å²) in [4.78, 5) is 25.4. The van der Waals surface area contributed by atoms with Crippen molar-refractivity contribution in [1.29, 1.82) is 0 Å². The van der Waals surface area contributed by atoms with Gasteiger partial charge in [-0.2, -0.15) is 4.31 Å². The van der Waals surface area contributed by atoms with Gasteiger partial charge < -0.3 is 10.1 Å². The lowest BCUT2D eigenvalue weighted by atomic mass is 9.99. The van der Waals surface area contributed by atoms with Crippen LogP contribution in [0, 0.1) is 12.8 Å². The van der Waals surface area contributed by atoms with E-state index in [2.05, 4.69) is 5.32 Å². The van der Waals surface area contributed by atoms with Crippen LogP contribution in [-0.4, -0.2) is 44.3 Å². The second-order valence-corrected chi connectivity index (χ2v) is 9.84. The van der Waals surface area contributed by atoms with Gasteiger partial charge in [0.15, 0.2) is 0 Å². The van der Waals surface area contributed by atoms with E-state index in [1.807, 2.05) is 0 Å². The van der Waals surface area contributed by atoms with Gasteiger partial charge in [0.05, 0.1) is 22.4 Å². The van der Waals surface area contributed by atoms with E-state index in [1.54, 1.807) is 50.2 Å². The quantitative estimate of drug-likeness (QED) is 0.702. The van der Waals surface area contributed by atoms with Gasteiger partial charge in [-0.05, 0) is 50.5 Å². The number of benzene rings is 1. The van der Waals surface area contributed by atoms with Crippen LogP contribution in [0.2, 0.25) is 0 Å². The number of anilines is 1. The Morgan fingerprint density at radius 1 is 1.28 bits per heavy atom. The van der Waals surface area contributed by atoms with Crippen LogP contribution in [0.3, 0.4) is 0 Å². The number of esters is 1. The van der Waals surface area contributed by atoms with Gasteiger partial charge >= 0.3 is 5.97 Å². The standard InChI is InChI=1S/C20H24N2O5S2/c1-3-27-20(24)18-14(2)12-17(28-18)21-19(23)15-8-7-11-22(13-15)29(25,26)16-9-5-4-6-10-16/h4-6,9-10,12,15H,3,7-8,11,13H2,1-2H3,(H,21,23). The molecule has 0 spiro atoms. The van der Waals surface area contributed by atoms with Gasteiger partial charge in [-0.1, -0.05) is 18.2 Å². The zero-order valence-corrected chi connectivity index (χ0v) is 18.0. The summed E-state index contributed by atoms with van der Waals surface area (Å²) >= 11 is 1.16. The molecule has 156 valence electrons. The fraction of sp³-hybridized carbons (Fsp3) is 0.400. The number of thiophene rings is 1. The molecule has 1 aromatic carbocycles. The summed E-state index contributed by atoms with van der Waals surface area (Å²) in [6, 6.07) is 9.98. The smallest absolute Gasteiger partial charge is 0.348 e. The van der Waals surface area contributed by atoms with Crippen molar-refractivity contribution in [2.75, 3.05) is 25.0 Å². The lowest BCUT2D eigenvalue weighted by Gasteiger charge is -2.31. The van der Waals surface area contributed by atoms with Crippen LogP contribution >= 0.6 is 11.3 Å². The van der Waals surface area contributed by atoms with E-state index in [0.29, 0.717) is 29.3 Å². The minimum absolute atomic E-state index is 0.137. The second-order valence-electron chi connectivity index (χ2n) is 6.85. The highest BCUT2D eigenvalue weighted by atomic mass is 32.2. The highest BCUT2D eigenvalue weighted by Crippen LogP contribution is 2.29. The first-order valence-corrected chi connectivity index (χ1v) is 11.7. The molecule has 9 heteroatoms. The maximum Gasteiger partial charge on any atom is 0.348 e. The van der Waals surface area contributed by atoms with Gasteiger partial charge in [-0.3, -0.25) is 4.79 Å². The van der Waals surface area contributed by atoms with Crippen LogP contribution in [-0.2, 0) is 19.6 Å². The van der Waals surface area contributed by atoms with Gasteiger partial charge in [-0.15, -0.1) is 11.3 Å². The Morgan fingerprint density at radius 2 is 2.00 bits per heavy atom. The van der Waals surface area contributed by atoms with Crippen LogP contribution in [0.4, 0.5) is 5.00 Å². The van der Waals surface area contributed by atoms with Crippen LogP contribution in [0.15, 0.2) is 41.3 Å². The highest BCUT2D eigenvalue weighted by Gasteiger charge is 2.33. The van der Waals surface area contributed by atoms with Crippen LogP contribution in [0.5, 0.6) is 0 Å². The molecule has 1 fully saturated rings. The second kappa shape index (κ2) is 9.06. The van der Waals surface area contributed by atoms with E-state index in [4.69, 9.17) is 4.74 Å². The summed E-state index contributed by atoms with van der Waals surface area (Å²) in [7, 11) is -3.63. The Labute approximate surface area is 174 Å². The number of piperidine rings is 1. The fourth-order valence-corrected chi connectivity index (χ4v) is 5.80. The van der Waals surface area contributed by atoms with Crippen molar-refractivity contribution in [2.45, 2.75) is 31.6 Å². The van der Waals surface area contributed by atoms with E-state index < -0.39 is 21.9 Å². The van der Waals surface area contributed by atoms with Crippen molar-refractivity contribution < 1.29 is 22.7 Å². The average molecular weight is 437 g/mol. The Kier molecular flexibility index (Phi) is 6.71. The number of hydrogen-bond acceptors (Lipinski definition) is 6. The predicted octanol–water partition coefficient (Wildman–Crippen LogP) is 3.27. The van der Waals surface area contributed by atoms with Gasteiger partial charge in [0.1, 0.15) is 4.88 Å². The molecule has 3 rings (SSSR count). The molecule has 1 aliphatic heterocycles. The SMILES string of the molecule is CCOC(=O)c1sc(NC(=O)C2CCCN(S(=O)(=O)c3ccccc3)C2)cc1C. The maximum absolute atomic E-state index is 12.8. The third kappa shape index (κ3) is 4.85. The van der Waals surface area contributed by atoms with Gasteiger partial charge in [0.2, 0.25) is 15.9 Å². The molecule has 1 N–H and O–H groups in total. The molecule has 0 radical (unpaired) electrons. The Bertz CT molecular complexity index is 986. The third-order valence-electron chi connectivity index (χ3n) is 4.76. The largest absolute Gasteiger partial charge is 0.462 e. The first kappa shape index (κ1) is 21.5. The summed E-state index contributed by atoms with van der Waals surface area (Å²) in [6.45, 7) is 4.34. The maximum atomic E-state index is 12.8. The molecule has 1 saturated heterocycles. The molecule has 1 aliphatic rings. The number of ether oxygens (including phenoxy) is 1. The van der Waals surface area contributed by atoms with Crippen molar-refractivity contribution in [3.8, 4) is 0 Å². The lowest BCUT2D eigenvalue weighted by molar-refractivity contribution is -0.120. The number of hydrogen-bond donors (Lipinski definition) is 1. The molecule has 0 bridgehead atoms. The molecule has 7 nitrogen and oxygen atoms in total. The number of amides is 1. The van der Waals surface area contributed by atoms with E-state index in [9.17, 15) is 18.0 Å². The summed E-state index contributed by atoms with van der Waals surface area (Å²) in [5, 5.41) is 3.39. The number of carbonyl (C=O) groups excluding carboxylic acids is 2. The Balaban J connectivity index is 1.69. The number of rotatable bonds is 6. The third-order valence-corrected chi connectivity index (χ3v) is 7.77. The normalized spacial score (nSPS) is 17.7. The van der Waals surface area contributed by atoms with Gasteiger partial charge in [0.25, 0.3) is 0 Å². The van der Waals surface area contributed by atoms with E-state index >= 15 is 0 Å². The molecule has 0 saturated carbocycles. The lowest BCUT2D eigenvalue weighted by Crippen LogP contribution is -2.43. The molecular weight excluding hydrogens is 412 g/mol. The number of carbonyl (C=O) groups is 2. The van der Waals surface area contributed by atoms with Crippen LogP contribution < -0.4 is 5.32 Å².